The standard InChI is InChI=1S/C23H29N3OS/c1-3-25-11-13-26(14-12-25)23-22-20(10-15-28-22)16-21(24-23)19-8-6-18(7-9-19)5-4-17(2)27/h6-10,15-17,27H,3-5,11-14H2,1-2H3. The molecule has 1 unspecified atom stereocenters. The van der Waals surface area contributed by atoms with Crippen LogP contribution in [0.4, 0.5) is 5.82 Å². The number of thiophene rings is 1. The first-order valence-electron chi connectivity index (χ1n) is 10.3. The number of aliphatic hydroxyl groups is 1. The Balaban J connectivity index is 1.61. The minimum atomic E-state index is -0.252. The Bertz CT molecular complexity index is 911. The van der Waals surface area contributed by atoms with Gasteiger partial charge in [0.15, 0.2) is 0 Å². The van der Waals surface area contributed by atoms with Gasteiger partial charge in [-0.25, -0.2) is 4.98 Å². The minimum Gasteiger partial charge on any atom is -0.393 e. The summed E-state index contributed by atoms with van der Waals surface area (Å²) in [5.74, 6) is 1.14. The molecular weight excluding hydrogens is 366 g/mol. The third-order valence-corrected chi connectivity index (χ3v) is 6.56. The molecule has 3 heterocycles. The number of aryl methyl sites for hydroxylation is 1. The zero-order chi connectivity index (χ0) is 19.5. The number of benzene rings is 1. The molecule has 1 aliphatic heterocycles. The SMILES string of the molecule is CCN1CCN(c2nc(-c3ccc(CCC(C)O)cc3)cc3ccsc23)CC1. The summed E-state index contributed by atoms with van der Waals surface area (Å²) in [5.41, 5.74) is 3.46. The maximum Gasteiger partial charge on any atom is 0.147 e. The van der Waals surface area contributed by atoms with Crippen LogP contribution in [-0.4, -0.2) is 53.8 Å². The Labute approximate surface area is 171 Å². The van der Waals surface area contributed by atoms with E-state index >= 15 is 0 Å². The van der Waals surface area contributed by atoms with E-state index in [4.69, 9.17) is 4.98 Å². The fraction of sp³-hybridized carbons (Fsp3) is 0.435. The van der Waals surface area contributed by atoms with Crippen LogP contribution in [0.25, 0.3) is 21.3 Å². The van der Waals surface area contributed by atoms with Gasteiger partial charge in [0.1, 0.15) is 5.82 Å². The second kappa shape index (κ2) is 8.60. The van der Waals surface area contributed by atoms with Crippen molar-refractivity contribution in [3.63, 3.8) is 0 Å². The number of piperazine rings is 1. The van der Waals surface area contributed by atoms with Gasteiger partial charge in [0.2, 0.25) is 0 Å². The second-order valence-corrected chi connectivity index (χ2v) is 8.59. The predicted octanol–water partition coefficient (Wildman–Crippen LogP) is 4.42. The van der Waals surface area contributed by atoms with E-state index in [2.05, 4.69) is 58.5 Å². The van der Waals surface area contributed by atoms with Crippen molar-refractivity contribution in [1.82, 2.24) is 9.88 Å². The summed E-state index contributed by atoms with van der Waals surface area (Å²) in [7, 11) is 0. The van der Waals surface area contributed by atoms with E-state index in [-0.39, 0.29) is 6.10 Å². The number of anilines is 1. The van der Waals surface area contributed by atoms with E-state index in [1.807, 2.05) is 6.92 Å². The summed E-state index contributed by atoms with van der Waals surface area (Å²) in [6.07, 6.45) is 1.45. The highest BCUT2D eigenvalue weighted by molar-refractivity contribution is 7.17. The van der Waals surface area contributed by atoms with Gasteiger partial charge >= 0.3 is 0 Å². The van der Waals surface area contributed by atoms with Crippen molar-refractivity contribution >= 4 is 27.2 Å². The molecule has 0 saturated carbocycles. The quantitative estimate of drug-likeness (QED) is 0.671. The van der Waals surface area contributed by atoms with E-state index in [1.54, 1.807) is 11.3 Å². The van der Waals surface area contributed by atoms with E-state index in [0.29, 0.717) is 0 Å². The number of aliphatic hydroxyl groups excluding tert-OH is 1. The summed E-state index contributed by atoms with van der Waals surface area (Å²) in [6.45, 7) is 9.48. The van der Waals surface area contributed by atoms with Crippen LogP contribution in [0.3, 0.4) is 0 Å². The Morgan fingerprint density at radius 2 is 1.86 bits per heavy atom. The van der Waals surface area contributed by atoms with Crippen LogP contribution < -0.4 is 4.90 Å². The maximum atomic E-state index is 9.50. The van der Waals surface area contributed by atoms with Crippen molar-refractivity contribution in [2.24, 2.45) is 0 Å². The number of hydrogen-bond acceptors (Lipinski definition) is 5. The van der Waals surface area contributed by atoms with Crippen LogP contribution in [0.5, 0.6) is 0 Å². The van der Waals surface area contributed by atoms with Crippen LogP contribution in [-0.2, 0) is 6.42 Å². The summed E-state index contributed by atoms with van der Waals surface area (Å²) in [5, 5.41) is 12.9. The number of rotatable bonds is 6. The lowest BCUT2D eigenvalue weighted by Gasteiger charge is -2.35. The Morgan fingerprint density at radius 1 is 1.11 bits per heavy atom. The molecule has 0 bridgehead atoms. The number of likely N-dealkylation sites (N-methyl/N-ethyl adjacent to an activating group) is 1. The van der Waals surface area contributed by atoms with Crippen LogP contribution >= 0.6 is 11.3 Å². The van der Waals surface area contributed by atoms with Gasteiger partial charge in [-0.2, -0.15) is 0 Å². The summed E-state index contributed by atoms with van der Waals surface area (Å²) < 4.78 is 1.29. The van der Waals surface area contributed by atoms with E-state index in [1.165, 1.54) is 15.6 Å². The second-order valence-electron chi connectivity index (χ2n) is 7.68. The average molecular weight is 396 g/mol. The first-order chi connectivity index (χ1) is 13.6. The first-order valence-corrected chi connectivity index (χ1v) is 11.1. The van der Waals surface area contributed by atoms with Crippen LogP contribution in [0, 0.1) is 0 Å². The lowest BCUT2D eigenvalue weighted by molar-refractivity contribution is 0.185. The molecule has 1 fully saturated rings. The van der Waals surface area contributed by atoms with Crippen molar-refractivity contribution in [3.8, 4) is 11.3 Å². The number of fused-ring (bicyclic) bond motifs is 1. The molecule has 4 nitrogen and oxygen atoms in total. The number of hydrogen-bond donors (Lipinski definition) is 1. The van der Waals surface area contributed by atoms with Crippen molar-refractivity contribution in [1.29, 1.82) is 0 Å². The maximum absolute atomic E-state index is 9.50. The summed E-state index contributed by atoms with van der Waals surface area (Å²) >= 11 is 1.79. The third kappa shape index (κ3) is 4.22. The van der Waals surface area contributed by atoms with E-state index in [9.17, 15) is 5.11 Å². The van der Waals surface area contributed by atoms with Crippen molar-refractivity contribution < 1.29 is 5.11 Å². The lowest BCUT2D eigenvalue weighted by Crippen LogP contribution is -2.46. The van der Waals surface area contributed by atoms with Crippen LogP contribution in [0.15, 0.2) is 41.8 Å². The van der Waals surface area contributed by atoms with Gasteiger partial charge in [0, 0.05) is 31.7 Å². The molecule has 4 rings (SSSR count). The first kappa shape index (κ1) is 19.4. The monoisotopic (exact) mass is 395 g/mol. The van der Waals surface area contributed by atoms with Gasteiger partial charge < -0.3 is 14.9 Å². The molecule has 148 valence electrons. The number of pyridine rings is 1. The Hall–Kier alpha value is -1.95. The minimum absolute atomic E-state index is 0.252. The van der Waals surface area contributed by atoms with Gasteiger partial charge in [-0.15, -0.1) is 11.3 Å². The van der Waals surface area contributed by atoms with Crippen molar-refractivity contribution in [2.45, 2.75) is 32.8 Å². The normalized spacial score (nSPS) is 16.6. The van der Waals surface area contributed by atoms with Gasteiger partial charge in [0.25, 0.3) is 0 Å². The molecule has 1 N–H and O–H groups in total. The van der Waals surface area contributed by atoms with E-state index in [0.717, 1.165) is 62.6 Å². The smallest absolute Gasteiger partial charge is 0.147 e. The molecule has 1 atom stereocenters. The van der Waals surface area contributed by atoms with Gasteiger partial charge in [0.05, 0.1) is 16.5 Å². The molecule has 0 spiro atoms. The fourth-order valence-corrected chi connectivity index (χ4v) is 4.71. The number of nitrogens with zero attached hydrogens (tertiary/aromatic N) is 3. The zero-order valence-electron chi connectivity index (χ0n) is 16.8. The largest absolute Gasteiger partial charge is 0.393 e. The highest BCUT2D eigenvalue weighted by atomic mass is 32.1. The van der Waals surface area contributed by atoms with Crippen molar-refractivity contribution in [2.75, 3.05) is 37.6 Å². The summed E-state index contributed by atoms with van der Waals surface area (Å²) in [4.78, 5) is 10.0. The van der Waals surface area contributed by atoms with Crippen LogP contribution in [0.2, 0.25) is 0 Å². The number of aromatic nitrogens is 1. The topological polar surface area (TPSA) is 39.6 Å². The predicted molar refractivity (Wildman–Crippen MR) is 119 cm³/mol. The highest BCUT2D eigenvalue weighted by Crippen LogP contribution is 2.34. The molecule has 0 aliphatic carbocycles. The van der Waals surface area contributed by atoms with Gasteiger partial charge in [-0.05, 0) is 54.8 Å². The molecule has 0 radical (unpaired) electrons. The fourth-order valence-electron chi connectivity index (χ4n) is 3.81. The zero-order valence-corrected chi connectivity index (χ0v) is 17.6. The molecule has 1 aliphatic rings. The molecule has 3 aromatic rings. The van der Waals surface area contributed by atoms with Crippen molar-refractivity contribution in [3.05, 3.63) is 47.3 Å². The molecule has 1 aromatic carbocycles. The van der Waals surface area contributed by atoms with Gasteiger partial charge in [-0.3, -0.25) is 0 Å². The molecule has 5 heteroatoms. The Kier molecular flexibility index (Phi) is 5.95. The van der Waals surface area contributed by atoms with Crippen LogP contribution in [0.1, 0.15) is 25.8 Å². The molecule has 2 aromatic heterocycles. The third-order valence-electron chi connectivity index (χ3n) is 5.64. The summed E-state index contributed by atoms with van der Waals surface area (Å²) in [6, 6.07) is 13.1. The molecule has 0 amide bonds. The molecule has 28 heavy (non-hydrogen) atoms. The molecular formula is C23H29N3OS. The Morgan fingerprint density at radius 3 is 2.54 bits per heavy atom. The lowest BCUT2D eigenvalue weighted by atomic mass is 10.0. The average Bonchev–Trinajstić information content (AvgIpc) is 3.21. The molecule has 1 saturated heterocycles. The highest BCUT2D eigenvalue weighted by Gasteiger charge is 2.20. The van der Waals surface area contributed by atoms with Gasteiger partial charge in [-0.1, -0.05) is 31.2 Å². The van der Waals surface area contributed by atoms with E-state index < -0.39 is 0 Å².